The molecule has 0 radical (unpaired) electrons. The van der Waals surface area contributed by atoms with Gasteiger partial charge in [0.25, 0.3) is 0 Å². The van der Waals surface area contributed by atoms with Crippen LogP contribution in [0.1, 0.15) is 77.6 Å². The van der Waals surface area contributed by atoms with Crippen LogP contribution in [-0.2, 0) is 9.59 Å². The highest BCUT2D eigenvalue weighted by Gasteiger charge is 2.28. The summed E-state index contributed by atoms with van der Waals surface area (Å²) in [6.45, 7) is 2.19. The molecule has 0 bridgehead atoms. The van der Waals surface area contributed by atoms with Crippen LogP contribution >= 0.6 is 0 Å². The van der Waals surface area contributed by atoms with E-state index in [0.29, 0.717) is 6.42 Å². The number of carboxylic acid groups (broad SMARTS) is 2. The maximum atomic E-state index is 10.9. The Kier molecular flexibility index (Phi) is 12.0. The van der Waals surface area contributed by atoms with E-state index in [-0.39, 0.29) is 0 Å². The molecule has 0 spiro atoms. The number of unbranched alkanes of at least 4 members (excludes halogenated alkanes) is 8. The lowest BCUT2D eigenvalue weighted by Crippen LogP contribution is -2.30. The summed E-state index contributed by atoms with van der Waals surface area (Å²) in [6, 6.07) is 0. The highest BCUT2D eigenvalue weighted by Crippen LogP contribution is 2.17. The van der Waals surface area contributed by atoms with Gasteiger partial charge in [-0.2, -0.15) is 0 Å². The molecule has 2 atom stereocenters. The lowest BCUT2D eigenvalue weighted by Gasteiger charge is -2.17. The standard InChI is InChI=1S/C16H30O5/c1-2-3-4-5-6-7-8-9-10-11-14(17)13(16(20)21)12-15(18)19/h13-14,17H,2-12H2,1H3,(H,18,19)(H,20,21). The summed E-state index contributed by atoms with van der Waals surface area (Å²) in [5, 5.41) is 27.3. The van der Waals surface area contributed by atoms with Crippen LogP contribution in [0.4, 0.5) is 0 Å². The van der Waals surface area contributed by atoms with E-state index in [0.717, 1.165) is 19.3 Å². The molecule has 5 nitrogen and oxygen atoms in total. The minimum atomic E-state index is -1.24. The van der Waals surface area contributed by atoms with E-state index < -0.39 is 30.4 Å². The Balaban J connectivity index is 3.65. The Morgan fingerprint density at radius 2 is 1.33 bits per heavy atom. The first kappa shape index (κ1) is 19.9. The molecule has 0 saturated carbocycles. The van der Waals surface area contributed by atoms with Crippen molar-refractivity contribution in [2.75, 3.05) is 0 Å². The van der Waals surface area contributed by atoms with Crippen molar-refractivity contribution in [3.63, 3.8) is 0 Å². The average Bonchev–Trinajstić information content (AvgIpc) is 2.42. The number of aliphatic hydroxyl groups is 1. The quantitative estimate of drug-likeness (QED) is 0.427. The van der Waals surface area contributed by atoms with Crippen molar-refractivity contribution in [3.05, 3.63) is 0 Å². The molecule has 21 heavy (non-hydrogen) atoms. The van der Waals surface area contributed by atoms with E-state index in [1.54, 1.807) is 0 Å². The molecule has 2 unspecified atom stereocenters. The molecule has 5 heteroatoms. The SMILES string of the molecule is CCCCCCCCCCCC(O)C(CC(=O)O)C(=O)O. The van der Waals surface area contributed by atoms with Crippen LogP contribution in [0.15, 0.2) is 0 Å². The molecule has 0 aromatic carbocycles. The maximum absolute atomic E-state index is 10.9. The van der Waals surface area contributed by atoms with Gasteiger partial charge < -0.3 is 15.3 Å². The van der Waals surface area contributed by atoms with Crippen molar-refractivity contribution in [1.29, 1.82) is 0 Å². The Morgan fingerprint density at radius 3 is 1.76 bits per heavy atom. The number of aliphatic carboxylic acids is 2. The van der Waals surface area contributed by atoms with Crippen molar-refractivity contribution >= 4 is 11.9 Å². The zero-order chi connectivity index (χ0) is 16.1. The third kappa shape index (κ3) is 11.3. The summed E-state index contributed by atoms with van der Waals surface area (Å²) in [6.07, 6.45) is 9.11. The lowest BCUT2D eigenvalue weighted by molar-refractivity contribution is -0.152. The van der Waals surface area contributed by atoms with E-state index in [9.17, 15) is 14.7 Å². The van der Waals surface area contributed by atoms with Crippen molar-refractivity contribution in [2.24, 2.45) is 5.92 Å². The zero-order valence-corrected chi connectivity index (χ0v) is 13.1. The second-order valence-electron chi connectivity index (χ2n) is 5.73. The fourth-order valence-electron chi connectivity index (χ4n) is 2.44. The molecule has 124 valence electrons. The number of rotatable bonds is 14. The molecule has 0 heterocycles. The molecule has 0 fully saturated rings. The average molecular weight is 302 g/mol. The molecule has 0 aliphatic heterocycles. The molecule has 0 amide bonds. The molecule has 0 aliphatic carbocycles. The van der Waals surface area contributed by atoms with E-state index in [1.165, 1.54) is 38.5 Å². The second kappa shape index (κ2) is 12.6. The maximum Gasteiger partial charge on any atom is 0.309 e. The normalized spacial score (nSPS) is 13.8. The Labute approximate surface area is 127 Å². The molecular formula is C16H30O5. The Morgan fingerprint density at radius 1 is 0.857 bits per heavy atom. The van der Waals surface area contributed by atoms with Gasteiger partial charge in [-0.15, -0.1) is 0 Å². The van der Waals surface area contributed by atoms with Gasteiger partial charge in [0.1, 0.15) is 0 Å². The van der Waals surface area contributed by atoms with Crippen LogP contribution in [0.25, 0.3) is 0 Å². The summed E-state index contributed by atoms with van der Waals surface area (Å²) in [5.41, 5.74) is 0. The second-order valence-corrected chi connectivity index (χ2v) is 5.73. The van der Waals surface area contributed by atoms with Crippen LogP contribution in [0.2, 0.25) is 0 Å². The van der Waals surface area contributed by atoms with Crippen molar-refractivity contribution in [3.8, 4) is 0 Å². The fraction of sp³-hybridized carbons (Fsp3) is 0.875. The Bertz CT molecular complexity index is 290. The molecule has 3 N–H and O–H groups in total. The molecule has 0 aliphatic rings. The summed E-state index contributed by atoms with van der Waals surface area (Å²) in [5.74, 6) is -3.62. The van der Waals surface area contributed by atoms with Crippen molar-refractivity contribution in [2.45, 2.75) is 83.7 Å². The van der Waals surface area contributed by atoms with E-state index in [4.69, 9.17) is 10.2 Å². The third-order valence-corrected chi connectivity index (χ3v) is 3.78. The van der Waals surface area contributed by atoms with Crippen molar-refractivity contribution in [1.82, 2.24) is 0 Å². The van der Waals surface area contributed by atoms with Crippen LogP contribution in [0.5, 0.6) is 0 Å². The topological polar surface area (TPSA) is 94.8 Å². The van der Waals surface area contributed by atoms with Gasteiger partial charge in [-0.1, -0.05) is 64.7 Å². The number of carbonyl (C=O) groups is 2. The van der Waals surface area contributed by atoms with Gasteiger partial charge >= 0.3 is 11.9 Å². The molecular weight excluding hydrogens is 272 g/mol. The summed E-state index contributed by atoms with van der Waals surface area (Å²) < 4.78 is 0. The van der Waals surface area contributed by atoms with Gasteiger partial charge in [0.15, 0.2) is 0 Å². The Hall–Kier alpha value is -1.10. The number of hydrogen-bond acceptors (Lipinski definition) is 3. The predicted octanol–water partition coefficient (Wildman–Crippen LogP) is 3.44. The van der Waals surface area contributed by atoms with Crippen molar-refractivity contribution < 1.29 is 24.9 Å². The molecule has 0 rings (SSSR count). The summed E-state index contributed by atoms with van der Waals surface area (Å²) in [4.78, 5) is 21.5. The largest absolute Gasteiger partial charge is 0.481 e. The van der Waals surface area contributed by atoms with Gasteiger partial charge in [0.2, 0.25) is 0 Å². The molecule has 0 saturated heterocycles. The highest BCUT2D eigenvalue weighted by molar-refractivity contribution is 5.78. The number of aliphatic hydroxyl groups excluding tert-OH is 1. The van der Waals surface area contributed by atoms with Gasteiger partial charge in [-0.25, -0.2) is 0 Å². The number of hydrogen-bond donors (Lipinski definition) is 3. The first-order valence-corrected chi connectivity index (χ1v) is 8.11. The smallest absolute Gasteiger partial charge is 0.309 e. The van der Waals surface area contributed by atoms with Crippen LogP contribution in [0.3, 0.4) is 0 Å². The third-order valence-electron chi connectivity index (χ3n) is 3.78. The minimum absolute atomic E-state index is 0.361. The van der Waals surface area contributed by atoms with Gasteiger partial charge in [0.05, 0.1) is 18.4 Å². The van der Waals surface area contributed by atoms with Gasteiger partial charge in [0, 0.05) is 0 Å². The minimum Gasteiger partial charge on any atom is -0.481 e. The highest BCUT2D eigenvalue weighted by atomic mass is 16.4. The predicted molar refractivity (Wildman–Crippen MR) is 81.2 cm³/mol. The van der Waals surface area contributed by atoms with E-state index in [2.05, 4.69) is 6.92 Å². The fourth-order valence-corrected chi connectivity index (χ4v) is 2.44. The first-order valence-electron chi connectivity index (χ1n) is 8.11. The monoisotopic (exact) mass is 302 g/mol. The van der Waals surface area contributed by atoms with Gasteiger partial charge in [-0.05, 0) is 6.42 Å². The summed E-state index contributed by atoms with van der Waals surface area (Å²) in [7, 11) is 0. The van der Waals surface area contributed by atoms with Crippen LogP contribution in [-0.4, -0.2) is 33.4 Å². The lowest BCUT2D eigenvalue weighted by atomic mass is 9.94. The summed E-state index contributed by atoms with van der Waals surface area (Å²) >= 11 is 0. The van der Waals surface area contributed by atoms with E-state index in [1.807, 2.05) is 0 Å². The zero-order valence-electron chi connectivity index (χ0n) is 13.1. The van der Waals surface area contributed by atoms with Crippen LogP contribution in [0, 0.1) is 5.92 Å². The van der Waals surface area contributed by atoms with Crippen LogP contribution < -0.4 is 0 Å². The molecule has 0 aromatic heterocycles. The van der Waals surface area contributed by atoms with E-state index >= 15 is 0 Å². The number of carboxylic acids is 2. The first-order chi connectivity index (χ1) is 9.99. The van der Waals surface area contributed by atoms with Gasteiger partial charge in [-0.3, -0.25) is 9.59 Å². The molecule has 0 aromatic rings.